The van der Waals surface area contributed by atoms with E-state index in [4.69, 9.17) is 4.74 Å². The van der Waals surface area contributed by atoms with Gasteiger partial charge in [0.2, 0.25) is 0 Å². The molecule has 0 aromatic heterocycles. The molecule has 0 aromatic carbocycles. The molecule has 0 radical (unpaired) electrons. The molecule has 2 unspecified atom stereocenters. The minimum absolute atomic E-state index is 0.356. The van der Waals surface area contributed by atoms with Gasteiger partial charge in [-0.2, -0.15) is 0 Å². The van der Waals surface area contributed by atoms with Crippen molar-refractivity contribution in [2.45, 2.75) is 52.3 Å². The van der Waals surface area contributed by atoms with Crippen LogP contribution in [0.4, 0.5) is 0 Å². The highest BCUT2D eigenvalue weighted by Gasteiger charge is 2.26. The van der Waals surface area contributed by atoms with E-state index < -0.39 is 0 Å². The molecule has 0 amide bonds. The number of hydrogen-bond donors (Lipinski definition) is 1. The summed E-state index contributed by atoms with van der Waals surface area (Å²) in [4.78, 5) is 4.62. The third kappa shape index (κ3) is 5.61. The lowest BCUT2D eigenvalue weighted by Gasteiger charge is -2.24. The monoisotopic (exact) mass is 272 g/mol. The minimum Gasteiger partial charge on any atom is -0.383 e. The van der Waals surface area contributed by atoms with Gasteiger partial charge >= 0.3 is 0 Å². The fourth-order valence-electron chi connectivity index (χ4n) is 2.02. The molecule has 0 fully saturated rings. The molecule has 106 valence electrons. The first-order valence-corrected chi connectivity index (χ1v) is 7.66. The molecular weight excluding hydrogens is 244 g/mol. The molecule has 18 heavy (non-hydrogen) atoms. The Balaban J connectivity index is 2.41. The second-order valence-corrected chi connectivity index (χ2v) is 7.89. The molecule has 0 aliphatic carbocycles. The highest BCUT2D eigenvalue weighted by molar-refractivity contribution is 8.14. The van der Waals surface area contributed by atoms with Crippen molar-refractivity contribution in [2.24, 2.45) is 16.3 Å². The lowest BCUT2D eigenvalue weighted by atomic mass is 9.90. The first kappa shape index (κ1) is 15.8. The van der Waals surface area contributed by atoms with Gasteiger partial charge in [0.25, 0.3) is 0 Å². The molecule has 0 bridgehead atoms. The molecule has 2 atom stereocenters. The highest BCUT2D eigenvalue weighted by Crippen LogP contribution is 2.31. The van der Waals surface area contributed by atoms with Gasteiger partial charge in [0.15, 0.2) is 5.17 Å². The molecule has 0 saturated heterocycles. The van der Waals surface area contributed by atoms with Gasteiger partial charge in [-0.05, 0) is 17.8 Å². The Morgan fingerprint density at radius 1 is 1.44 bits per heavy atom. The van der Waals surface area contributed by atoms with Crippen molar-refractivity contribution >= 4 is 16.9 Å². The first-order valence-electron chi connectivity index (χ1n) is 6.78. The predicted octanol–water partition coefficient (Wildman–Crippen LogP) is 3.15. The maximum atomic E-state index is 5.26. The Bertz CT molecular complexity index is 284. The van der Waals surface area contributed by atoms with Gasteiger partial charge < -0.3 is 10.1 Å². The van der Waals surface area contributed by atoms with Crippen molar-refractivity contribution in [1.29, 1.82) is 0 Å². The van der Waals surface area contributed by atoms with Crippen LogP contribution in [0.25, 0.3) is 0 Å². The van der Waals surface area contributed by atoms with E-state index in [1.807, 2.05) is 11.8 Å². The topological polar surface area (TPSA) is 33.6 Å². The van der Waals surface area contributed by atoms with Crippen molar-refractivity contribution in [2.75, 3.05) is 20.3 Å². The number of nitrogens with zero attached hydrogens (tertiary/aromatic N) is 1. The molecule has 1 aliphatic rings. The van der Waals surface area contributed by atoms with E-state index in [1.54, 1.807) is 7.11 Å². The fraction of sp³-hybridized carbons (Fsp3) is 0.929. The summed E-state index contributed by atoms with van der Waals surface area (Å²) >= 11 is 1.89. The lowest BCUT2D eigenvalue weighted by molar-refractivity contribution is 0.156. The smallest absolute Gasteiger partial charge is 0.157 e. The zero-order valence-electron chi connectivity index (χ0n) is 12.6. The summed E-state index contributed by atoms with van der Waals surface area (Å²) in [7, 11) is 1.75. The summed E-state index contributed by atoms with van der Waals surface area (Å²) in [6.45, 7) is 13.0. The third-order valence-electron chi connectivity index (χ3n) is 3.02. The lowest BCUT2D eigenvalue weighted by Crippen LogP contribution is -2.40. The number of rotatable bonds is 5. The summed E-state index contributed by atoms with van der Waals surface area (Å²) < 4.78 is 5.26. The van der Waals surface area contributed by atoms with Crippen LogP contribution in [-0.4, -0.2) is 36.7 Å². The Morgan fingerprint density at radius 2 is 2.11 bits per heavy atom. The van der Waals surface area contributed by atoms with Crippen LogP contribution in [0.15, 0.2) is 4.99 Å². The van der Waals surface area contributed by atoms with Crippen LogP contribution in [0, 0.1) is 11.3 Å². The molecule has 4 heteroatoms. The van der Waals surface area contributed by atoms with Crippen LogP contribution in [-0.2, 0) is 4.74 Å². The van der Waals surface area contributed by atoms with Crippen molar-refractivity contribution in [3.8, 4) is 0 Å². The van der Waals surface area contributed by atoms with Crippen LogP contribution in [0.1, 0.15) is 41.0 Å². The van der Waals surface area contributed by atoms with E-state index >= 15 is 0 Å². The Hall–Kier alpha value is -0.220. The van der Waals surface area contributed by atoms with E-state index in [0.29, 0.717) is 22.6 Å². The number of methoxy groups -OCH3 is 1. The minimum atomic E-state index is 0.356. The number of thioether (sulfide) groups is 1. The molecule has 1 heterocycles. The number of ether oxygens (including phenoxy) is 1. The second-order valence-electron chi connectivity index (χ2n) is 6.60. The van der Waals surface area contributed by atoms with Crippen molar-refractivity contribution < 1.29 is 4.74 Å². The van der Waals surface area contributed by atoms with E-state index in [2.05, 4.69) is 44.9 Å². The van der Waals surface area contributed by atoms with Gasteiger partial charge in [-0.15, -0.1) is 0 Å². The summed E-state index contributed by atoms with van der Waals surface area (Å²) in [5, 5.41) is 5.24. The van der Waals surface area contributed by atoms with Crippen molar-refractivity contribution in [3.05, 3.63) is 0 Å². The van der Waals surface area contributed by atoms with E-state index in [-0.39, 0.29) is 0 Å². The molecular formula is C14H28N2OS. The maximum Gasteiger partial charge on any atom is 0.157 e. The van der Waals surface area contributed by atoms with Gasteiger partial charge in [-0.25, -0.2) is 0 Å². The molecule has 0 spiro atoms. The largest absolute Gasteiger partial charge is 0.383 e. The van der Waals surface area contributed by atoms with Gasteiger partial charge in [0, 0.05) is 12.4 Å². The van der Waals surface area contributed by atoms with Crippen molar-refractivity contribution in [3.63, 3.8) is 0 Å². The Morgan fingerprint density at radius 3 is 2.61 bits per heavy atom. The number of hydrogen-bond acceptors (Lipinski definition) is 4. The summed E-state index contributed by atoms with van der Waals surface area (Å²) in [5.41, 5.74) is 0.382. The van der Waals surface area contributed by atoms with E-state index in [1.165, 1.54) is 6.42 Å². The van der Waals surface area contributed by atoms with Crippen LogP contribution in [0.5, 0.6) is 0 Å². The van der Waals surface area contributed by atoms with Crippen LogP contribution >= 0.6 is 11.8 Å². The Kier molecular flexibility index (Phi) is 5.99. The highest BCUT2D eigenvalue weighted by atomic mass is 32.2. The van der Waals surface area contributed by atoms with Crippen LogP contribution in [0.3, 0.4) is 0 Å². The molecule has 1 N–H and O–H groups in total. The number of nitrogens with one attached hydrogen (secondary N) is 1. The maximum absolute atomic E-state index is 5.26. The normalized spacial score (nSPS) is 22.2. The first-order chi connectivity index (χ1) is 8.31. The van der Waals surface area contributed by atoms with Crippen molar-refractivity contribution in [1.82, 2.24) is 5.32 Å². The van der Waals surface area contributed by atoms with Gasteiger partial charge in [0.1, 0.15) is 0 Å². The average Bonchev–Trinajstić information content (AvgIpc) is 2.62. The molecule has 0 aromatic rings. The van der Waals surface area contributed by atoms with Gasteiger partial charge in [-0.3, -0.25) is 4.99 Å². The Labute approximate surface area is 116 Å². The summed E-state index contributed by atoms with van der Waals surface area (Å²) in [5.74, 6) is 0.551. The zero-order chi connectivity index (χ0) is 13.8. The van der Waals surface area contributed by atoms with Gasteiger partial charge in [0.05, 0.1) is 19.2 Å². The second kappa shape index (κ2) is 6.80. The number of aliphatic imine (C=N–C) groups is 1. The van der Waals surface area contributed by atoms with Crippen LogP contribution < -0.4 is 5.32 Å². The van der Waals surface area contributed by atoms with E-state index in [9.17, 15) is 0 Å². The molecule has 1 rings (SSSR count). The quantitative estimate of drug-likeness (QED) is 0.834. The standard InChI is InChI=1S/C14H28N2OS/c1-10(2)12(9-17-6)16-13-15-8-11(18-13)7-14(3,4)5/h10-12H,7-9H2,1-6H3,(H,15,16). The number of amidine groups is 1. The predicted molar refractivity (Wildman–Crippen MR) is 81.4 cm³/mol. The summed E-state index contributed by atoms with van der Waals surface area (Å²) in [6.07, 6.45) is 1.21. The molecule has 3 nitrogen and oxygen atoms in total. The summed E-state index contributed by atoms with van der Waals surface area (Å²) in [6, 6.07) is 0.356. The molecule has 0 saturated carbocycles. The van der Waals surface area contributed by atoms with Crippen LogP contribution in [0.2, 0.25) is 0 Å². The SMILES string of the molecule is COCC(NC1=NCC(CC(C)(C)C)S1)C(C)C. The van der Waals surface area contributed by atoms with Gasteiger partial charge in [-0.1, -0.05) is 46.4 Å². The zero-order valence-corrected chi connectivity index (χ0v) is 13.4. The van der Waals surface area contributed by atoms with E-state index in [0.717, 1.165) is 18.3 Å². The third-order valence-corrected chi connectivity index (χ3v) is 4.14. The average molecular weight is 272 g/mol. The fourth-order valence-corrected chi connectivity index (χ4v) is 3.44. The molecule has 1 aliphatic heterocycles.